The van der Waals surface area contributed by atoms with Crippen LogP contribution in [0.1, 0.15) is 42.0 Å². The number of carbonyl (C=O) groups excluding carboxylic acids is 2. The van der Waals surface area contributed by atoms with E-state index in [4.69, 9.17) is 15.2 Å². The standard InChI is InChI=1S/C27H35N5O2.C4H4O4/c1-20(2)28-27(34)19-31-16-14-30(15-17-31)18-26-29-23-6-4-5-7-24(23)32(26)13-12-25(33)22-10-8-21(3)9-11-22;5-3(6)1-2-4(7)8/h4-11,20H,12-19H2,1-3H3,(H,28,34);1-2H,(H,5,6)(H,7,8)/b;2-1-. The topological polar surface area (TPSA) is 145 Å². The third kappa shape index (κ3) is 10.2. The number of amides is 1. The van der Waals surface area contributed by atoms with Crippen LogP contribution in [0, 0.1) is 6.92 Å². The van der Waals surface area contributed by atoms with E-state index in [1.807, 2.05) is 63.2 Å². The lowest BCUT2D eigenvalue weighted by Gasteiger charge is -2.34. The number of carboxylic acid groups (broad SMARTS) is 2. The van der Waals surface area contributed by atoms with Gasteiger partial charge in [-0.1, -0.05) is 42.0 Å². The minimum Gasteiger partial charge on any atom is -0.478 e. The van der Waals surface area contributed by atoms with E-state index >= 15 is 0 Å². The van der Waals surface area contributed by atoms with Gasteiger partial charge in [0, 0.05) is 62.9 Å². The molecule has 3 aromatic rings. The van der Waals surface area contributed by atoms with Gasteiger partial charge in [-0.2, -0.15) is 0 Å². The number of piperazine rings is 1. The summed E-state index contributed by atoms with van der Waals surface area (Å²) >= 11 is 0. The second-order valence-corrected chi connectivity index (χ2v) is 10.5. The van der Waals surface area contributed by atoms with E-state index in [0.717, 1.165) is 60.7 Å². The van der Waals surface area contributed by atoms with Crippen LogP contribution in [0.15, 0.2) is 60.7 Å². The number of nitrogens with one attached hydrogen (secondary N) is 1. The molecule has 3 N–H and O–H groups in total. The molecule has 0 spiro atoms. The minimum atomic E-state index is -1.26. The van der Waals surface area contributed by atoms with Gasteiger partial charge in [-0.25, -0.2) is 14.6 Å². The number of para-hydroxylation sites is 2. The predicted molar refractivity (Wildman–Crippen MR) is 159 cm³/mol. The average molecular weight is 578 g/mol. The zero-order valence-corrected chi connectivity index (χ0v) is 24.3. The number of ketones is 1. The predicted octanol–water partition coefficient (Wildman–Crippen LogP) is 2.97. The summed E-state index contributed by atoms with van der Waals surface area (Å²) in [5, 5.41) is 18.6. The van der Waals surface area contributed by atoms with Crippen LogP contribution in [0.3, 0.4) is 0 Å². The Morgan fingerprint density at radius 3 is 2.10 bits per heavy atom. The van der Waals surface area contributed by atoms with Crippen LogP contribution in [0.4, 0.5) is 0 Å². The SMILES string of the molecule is Cc1ccc(C(=O)CCn2c(CN3CCN(CC(=O)NC(C)C)CC3)nc3ccccc32)cc1.O=C(O)/C=C\C(=O)O. The first-order valence-corrected chi connectivity index (χ1v) is 13.9. The maximum atomic E-state index is 12.8. The molecule has 0 bridgehead atoms. The van der Waals surface area contributed by atoms with Gasteiger partial charge < -0.3 is 20.1 Å². The lowest BCUT2D eigenvalue weighted by atomic mass is 10.1. The summed E-state index contributed by atoms with van der Waals surface area (Å²) in [5.74, 6) is -1.29. The van der Waals surface area contributed by atoms with Gasteiger partial charge in [0.15, 0.2) is 5.78 Å². The maximum Gasteiger partial charge on any atom is 0.328 e. The van der Waals surface area contributed by atoms with Gasteiger partial charge in [0.2, 0.25) is 5.91 Å². The highest BCUT2D eigenvalue weighted by Crippen LogP contribution is 2.19. The van der Waals surface area contributed by atoms with Gasteiger partial charge in [-0.05, 0) is 32.9 Å². The van der Waals surface area contributed by atoms with Crippen molar-refractivity contribution in [3.8, 4) is 0 Å². The Balaban J connectivity index is 0.000000531. The van der Waals surface area contributed by atoms with E-state index in [9.17, 15) is 19.2 Å². The van der Waals surface area contributed by atoms with Crippen molar-refractivity contribution in [1.82, 2.24) is 24.7 Å². The zero-order chi connectivity index (χ0) is 30.6. The number of hydrogen-bond donors (Lipinski definition) is 3. The van der Waals surface area contributed by atoms with Crippen molar-refractivity contribution in [2.24, 2.45) is 0 Å². The quantitative estimate of drug-likeness (QED) is 0.231. The average Bonchev–Trinajstić information content (AvgIpc) is 3.28. The number of aryl methyl sites for hydroxylation is 2. The molecule has 0 saturated carbocycles. The van der Waals surface area contributed by atoms with E-state index in [-0.39, 0.29) is 17.7 Å². The number of aliphatic carboxylic acids is 2. The summed E-state index contributed by atoms with van der Waals surface area (Å²) in [6, 6.07) is 16.1. The highest BCUT2D eigenvalue weighted by atomic mass is 16.4. The number of carboxylic acids is 2. The molecule has 1 amide bonds. The minimum absolute atomic E-state index is 0.0866. The van der Waals surface area contributed by atoms with E-state index in [0.29, 0.717) is 31.7 Å². The van der Waals surface area contributed by atoms with Gasteiger partial charge in [0.1, 0.15) is 5.82 Å². The van der Waals surface area contributed by atoms with Crippen LogP contribution in [-0.2, 0) is 27.5 Å². The maximum absolute atomic E-state index is 12.8. The number of benzene rings is 2. The normalized spacial score (nSPS) is 14.1. The van der Waals surface area contributed by atoms with Gasteiger partial charge in [0.25, 0.3) is 0 Å². The van der Waals surface area contributed by atoms with E-state index < -0.39 is 11.9 Å². The Labute approximate surface area is 245 Å². The van der Waals surface area contributed by atoms with Crippen molar-refractivity contribution >= 4 is 34.7 Å². The molecular formula is C31H39N5O6. The monoisotopic (exact) mass is 577 g/mol. The largest absolute Gasteiger partial charge is 0.478 e. The molecule has 224 valence electrons. The second kappa shape index (κ2) is 15.6. The smallest absolute Gasteiger partial charge is 0.328 e. The molecule has 0 aliphatic carbocycles. The molecule has 0 unspecified atom stereocenters. The summed E-state index contributed by atoms with van der Waals surface area (Å²) in [4.78, 5) is 53.5. The fourth-order valence-electron chi connectivity index (χ4n) is 4.61. The molecule has 1 fully saturated rings. The van der Waals surface area contributed by atoms with E-state index in [2.05, 4.69) is 25.8 Å². The number of hydrogen-bond acceptors (Lipinski definition) is 7. The summed E-state index contributed by atoms with van der Waals surface area (Å²) < 4.78 is 2.20. The summed E-state index contributed by atoms with van der Waals surface area (Å²) in [6.07, 6.45) is 1.56. The summed E-state index contributed by atoms with van der Waals surface area (Å²) in [7, 11) is 0. The molecule has 1 saturated heterocycles. The third-order valence-corrected chi connectivity index (χ3v) is 6.68. The van der Waals surface area contributed by atoms with Crippen molar-refractivity contribution in [1.29, 1.82) is 0 Å². The van der Waals surface area contributed by atoms with Crippen LogP contribution in [0.25, 0.3) is 11.0 Å². The molecular weight excluding hydrogens is 538 g/mol. The van der Waals surface area contributed by atoms with Crippen LogP contribution in [-0.4, -0.2) is 92.0 Å². The van der Waals surface area contributed by atoms with Crippen molar-refractivity contribution in [3.63, 3.8) is 0 Å². The van der Waals surface area contributed by atoms with Gasteiger partial charge >= 0.3 is 11.9 Å². The molecule has 1 aliphatic rings. The van der Waals surface area contributed by atoms with Crippen LogP contribution in [0.2, 0.25) is 0 Å². The lowest BCUT2D eigenvalue weighted by molar-refractivity contribution is -0.134. The molecule has 11 nitrogen and oxygen atoms in total. The number of nitrogens with zero attached hydrogens (tertiary/aromatic N) is 4. The number of Topliss-reactive ketones (excluding diaryl/α,β-unsaturated/α-hetero) is 1. The molecule has 4 rings (SSSR count). The highest BCUT2D eigenvalue weighted by molar-refractivity contribution is 5.96. The first kappa shape index (κ1) is 32.2. The molecule has 0 atom stereocenters. The summed E-state index contributed by atoms with van der Waals surface area (Å²) in [6.45, 7) is 11.3. The third-order valence-electron chi connectivity index (χ3n) is 6.68. The lowest BCUT2D eigenvalue weighted by Crippen LogP contribution is -2.49. The number of carbonyl (C=O) groups is 4. The summed E-state index contributed by atoms with van der Waals surface area (Å²) in [5.41, 5.74) is 3.94. The first-order chi connectivity index (χ1) is 20.0. The van der Waals surface area contributed by atoms with Crippen LogP contribution >= 0.6 is 0 Å². The fourth-order valence-corrected chi connectivity index (χ4v) is 4.61. The second-order valence-electron chi connectivity index (χ2n) is 10.5. The van der Waals surface area contributed by atoms with Gasteiger partial charge in [-0.3, -0.25) is 19.4 Å². The Kier molecular flexibility index (Phi) is 11.9. The van der Waals surface area contributed by atoms with Crippen molar-refractivity contribution in [2.75, 3.05) is 32.7 Å². The van der Waals surface area contributed by atoms with Crippen molar-refractivity contribution in [2.45, 2.75) is 46.3 Å². The molecule has 0 radical (unpaired) electrons. The van der Waals surface area contributed by atoms with Gasteiger partial charge in [-0.15, -0.1) is 0 Å². The van der Waals surface area contributed by atoms with E-state index in [1.165, 1.54) is 0 Å². The van der Waals surface area contributed by atoms with Crippen LogP contribution < -0.4 is 5.32 Å². The van der Waals surface area contributed by atoms with Crippen LogP contribution in [0.5, 0.6) is 0 Å². The molecule has 11 heteroatoms. The zero-order valence-electron chi connectivity index (χ0n) is 24.3. The van der Waals surface area contributed by atoms with Gasteiger partial charge in [0.05, 0.1) is 24.1 Å². The molecule has 1 aromatic heterocycles. The highest BCUT2D eigenvalue weighted by Gasteiger charge is 2.22. The Hall–Kier alpha value is -4.35. The number of fused-ring (bicyclic) bond motifs is 1. The molecule has 1 aliphatic heterocycles. The first-order valence-electron chi connectivity index (χ1n) is 13.9. The molecule has 42 heavy (non-hydrogen) atoms. The van der Waals surface area contributed by atoms with Crippen molar-refractivity contribution < 1.29 is 29.4 Å². The number of aromatic nitrogens is 2. The molecule has 2 heterocycles. The van der Waals surface area contributed by atoms with Crippen molar-refractivity contribution in [3.05, 3.63) is 77.6 Å². The number of rotatable bonds is 11. The van der Waals surface area contributed by atoms with E-state index in [1.54, 1.807) is 0 Å². The Morgan fingerprint density at radius 2 is 1.50 bits per heavy atom. The number of imidazole rings is 1. The Bertz CT molecular complexity index is 1390. The fraction of sp³-hybridized carbons (Fsp3) is 0.387. The Morgan fingerprint density at radius 1 is 0.905 bits per heavy atom. The molecule has 2 aromatic carbocycles.